The summed E-state index contributed by atoms with van der Waals surface area (Å²) in [5.41, 5.74) is -0.776. The summed E-state index contributed by atoms with van der Waals surface area (Å²) in [5, 5.41) is 11.9. The molecule has 2 aliphatic rings. The molecule has 0 aromatic rings. The van der Waals surface area contributed by atoms with Crippen LogP contribution in [0, 0.1) is 18.3 Å². The minimum absolute atomic E-state index is 0.0327. The van der Waals surface area contributed by atoms with Crippen LogP contribution in [0.25, 0.3) is 0 Å². The lowest BCUT2D eigenvalue weighted by Crippen LogP contribution is -2.55. The smallest absolute Gasteiger partial charge is 0.327 e. The minimum atomic E-state index is -0.954. The zero-order valence-electron chi connectivity index (χ0n) is 11.0. The average Bonchev–Trinajstić information content (AvgIpc) is 3.06. The molecular weight excluding hydrogens is 264 g/mol. The predicted octanol–water partition coefficient (Wildman–Crippen LogP) is 1.35. The van der Waals surface area contributed by atoms with E-state index in [2.05, 4.69) is 11.2 Å². The summed E-state index contributed by atoms with van der Waals surface area (Å²) in [4.78, 5) is 25.0. The lowest BCUT2D eigenvalue weighted by atomic mass is 10.1. The van der Waals surface area contributed by atoms with Crippen molar-refractivity contribution in [1.82, 2.24) is 10.2 Å². The van der Waals surface area contributed by atoms with Gasteiger partial charge in [0.1, 0.15) is 6.04 Å². The molecule has 0 aromatic heterocycles. The molecule has 6 heteroatoms. The maximum absolute atomic E-state index is 12.3. The quantitative estimate of drug-likeness (QED) is 0.767. The third-order valence-corrected chi connectivity index (χ3v) is 4.82. The van der Waals surface area contributed by atoms with E-state index in [0.29, 0.717) is 11.7 Å². The fraction of sp³-hybridized carbons (Fsp3) is 0.692. The molecule has 2 rings (SSSR count). The second-order valence-electron chi connectivity index (χ2n) is 5.52. The molecule has 1 aliphatic carbocycles. The van der Waals surface area contributed by atoms with Crippen LogP contribution in [0.1, 0.15) is 26.7 Å². The molecule has 2 fully saturated rings. The zero-order chi connectivity index (χ0) is 14.2. The van der Waals surface area contributed by atoms with Crippen LogP contribution in [-0.2, 0) is 4.79 Å². The molecular formula is C13H18N2O3S. The standard InChI is InChI=1S/C13H18N2O3S/c1-4-13(2,3)14-12(18)15-9(11(16)17)7-19-10(15)8-5-6-8/h1,8-10H,5-7H2,2-3H3,(H,14,18)(H,16,17). The predicted molar refractivity (Wildman–Crippen MR) is 73.7 cm³/mol. The number of carbonyl (C=O) groups is 2. The number of hydrogen-bond donors (Lipinski definition) is 2. The lowest BCUT2D eigenvalue weighted by molar-refractivity contribution is -0.141. The number of carbonyl (C=O) groups excluding carboxylic acids is 1. The number of urea groups is 1. The lowest BCUT2D eigenvalue weighted by Gasteiger charge is -2.31. The second kappa shape index (κ2) is 4.97. The van der Waals surface area contributed by atoms with E-state index in [1.807, 2.05) is 0 Å². The first-order chi connectivity index (χ1) is 8.85. The first-order valence-electron chi connectivity index (χ1n) is 6.28. The fourth-order valence-electron chi connectivity index (χ4n) is 2.09. The van der Waals surface area contributed by atoms with Crippen molar-refractivity contribution < 1.29 is 14.7 Å². The monoisotopic (exact) mass is 282 g/mol. The Hall–Kier alpha value is -1.35. The van der Waals surface area contributed by atoms with Crippen molar-refractivity contribution >= 4 is 23.8 Å². The maximum Gasteiger partial charge on any atom is 0.327 e. The average molecular weight is 282 g/mol. The molecule has 0 radical (unpaired) electrons. The van der Waals surface area contributed by atoms with Gasteiger partial charge in [-0.3, -0.25) is 4.90 Å². The number of nitrogens with one attached hydrogen (secondary N) is 1. The summed E-state index contributed by atoms with van der Waals surface area (Å²) >= 11 is 1.55. The van der Waals surface area contributed by atoms with Gasteiger partial charge in [0.05, 0.1) is 10.9 Å². The van der Waals surface area contributed by atoms with Gasteiger partial charge < -0.3 is 10.4 Å². The van der Waals surface area contributed by atoms with E-state index in [0.717, 1.165) is 12.8 Å². The molecule has 0 spiro atoms. The van der Waals surface area contributed by atoms with Gasteiger partial charge in [-0.25, -0.2) is 9.59 Å². The van der Waals surface area contributed by atoms with E-state index < -0.39 is 17.6 Å². The van der Waals surface area contributed by atoms with Gasteiger partial charge in [0.2, 0.25) is 0 Å². The third kappa shape index (κ3) is 2.98. The van der Waals surface area contributed by atoms with Crippen molar-refractivity contribution in [2.75, 3.05) is 5.75 Å². The number of thioether (sulfide) groups is 1. The van der Waals surface area contributed by atoms with Crippen LogP contribution in [0.2, 0.25) is 0 Å². The van der Waals surface area contributed by atoms with Crippen LogP contribution in [0.4, 0.5) is 4.79 Å². The van der Waals surface area contributed by atoms with Gasteiger partial charge in [-0.2, -0.15) is 0 Å². The third-order valence-electron chi connectivity index (χ3n) is 3.36. The molecule has 104 valence electrons. The highest BCUT2D eigenvalue weighted by molar-refractivity contribution is 8.00. The number of terminal acetylenes is 1. The molecule has 1 saturated carbocycles. The highest BCUT2D eigenvalue weighted by Gasteiger charge is 2.48. The number of nitrogens with zero attached hydrogens (tertiary/aromatic N) is 1. The summed E-state index contributed by atoms with van der Waals surface area (Å²) in [7, 11) is 0. The van der Waals surface area contributed by atoms with Gasteiger partial charge in [-0.1, -0.05) is 5.92 Å². The second-order valence-corrected chi connectivity index (χ2v) is 6.67. The number of rotatable bonds is 3. The van der Waals surface area contributed by atoms with E-state index in [9.17, 15) is 14.7 Å². The highest BCUT2D eigenvalue weighted by Crippen LogP contribution is 2.45. The first kappa shape index (κ1) is 14.1. The van der Waals surface area contributed by atoms with Gasteiger partial charge in [0, 0.05) is 5.75 Å². The van der Waals surface area contributed by atoms with Crippen molar-refractivity contribution in [2.45, 2.75) is 43.6 Å². The van der Waals surface area contributed by atoms with Crippen molar-refractivity contribution in [3.63, 3.8) is 0 Å². The van der Waals surface area contributed by atoms with Crippen LogP contribution >= 0.6 is 11.8 Å². The molecule has 0 aromatic carbocycles. The number of carboxylic acids is 1. The van der Waals surface area contributed by atoms with Crippen LogP contribution in [-0.4, -0.2) is 44.7 Å². The Morgan fingerprint density at radius 1 is 1.47 bits per heavy atom. The molecule has 19 heavy (non-hydrogen) atoms. The van der Waals surface area contributed by atoms with Crippen molar-refractivity contribution in [1.29, 1.82) is 0 Å². The Labute approximate surface area is 117 Å². The molecule has 2 amide bonds. The van der Waals surface area contributed by atoms with Gasteiger partial charge >= 0.3 is 12.0 Å². The molecule has 2 unspecified atom stereocenters. The molecule has 1 heterocycles. The van der Waals surface area contributed by atoms with E-state index in [-0.39, 0.29) is 11.4 Å². The summed E-state index contributed by atoms with van der Waals surface area (Å²) in [6, 6.07) is -1.14. The molecule has 2 N–H and O–H groups in total. The van der Waals surface area contributed by atoms with E-state index in [1.165, 1.54) is 4.90 Å². The Bertz CT molecular complexity index is 440. The summed E-state index contributed by atoms with van der Waals surface area (Å²) in [6.07, 6.45) is 7.47. The van der Waals surface area contributed by atoms with E-state index in [4.69, 9.17) is 6.42 Å². The number of aliphatic carboxylic acids is 1. The van der Waals surface area contributed by atoms with Crippen LogP contribution in [0.5, 0.6) is 0 Å². The first-order valence-corrected chi connectivity index (χ1v) is 7.33. The van der Waals surface area contributed by atoms with Crippen LogP contribution in [0.15, 0.2) is 0 Å². The van der Waals surface area contributed by atoms with Crippen molar-refractivity contribution in [2.24, 2.45) is 5.92 Å². The molecule has 2 atom stereocenters. The SMILES string of the molecule is C#CC(C)(C)NC(=O)N1C(C(=O)O)CSC1C1CC1. The minimum Gasteiger partial charge on any atom is -0.480 e. The molecule has 1 aliphatic heterocycles. The Balaban J connectivity index is 2.14. The molecule has 0 bridgehead atoms. The molecule has 1 saturated heterocycles. The van der Waals surface area contributed by atoms with Gasteiger partial charge in [0.15, 0.2) is 0 Å². The Morgan fingerprint density at radius 2 is 2.11 bits per heavy atom. The van der Waals surface area contributed by atoms with Crippen LogP contribution < -0.4 is 5.32 Å². The number of carboxylic acid groups (broad SMARTS) is 1. The van der Waals surface area contributed by atoms with E-state index in [1.54, 1.807) is 25.6 Å². The van der Waals surface area contributed by atoms with Gasteiger partial charge in [-0.05, 0) is 32.6 Å². The Kier molecular flexibility index (Phi) is 3.68. The number of hydrogen-bond acceptors (Lipinski definition) is 3. The molecule has 5 nitrogen and oxygen atoms in total. The maximum atomic E-state index is 12.3. The topological polar surface area (TPSA) is 69.6 Å². The largest absolute Gasteiger partial charge is 0.480 e. The van der Waals surface area contributed by atoms with Crippen LogP contribution in [0.3, 0.4) is 0 Å². The number of amides is 2. The Morgan fingerprint density at radius 3 is 2.58 bits per heavy atom. The van der Waals surface area contributed by atoms with E-state index >= 15 is 0 Å². The fourth-order valence-corrected chi connectivity index (χ4v) is 3.72. The van der Waals surface area contributed by atoms with Gasteiger partial charge in [0.25, 0.3) is 0 Å². The van der Waals surface area contributed by atoms with Crippen molar-refractivity contribution in [3.8, 4) is 12.3 Å². The van der Waals surface area contributed by atoms with Crippen molar-refractivity contribution in [3.05, 3.63) is 0 Å². The summed E-state index contributed by atoms with van der Waals surface area (Å²) in [5.74, 6) is 2.40. The summed E-state index contributed by atoms with van der Waals surface area (Å²) < 4.78 is 0. The normalized spacial score (nSPS) is 26.9. The summed E-state index contributed by atoms with van der Waals surface area (Å²) in [6.45, 7) is 3.44. The van der Waals surface area contributed by atoms with Gasteiger partial charge in [-0.15, -0.1) is 18.2 Å². The zero-order valence-corrected chi connectivity index (χ0v) is 11.9. The highest BCUT2D eigenvalue weighted by atomic mass is 32.2.